The Morgan fingerprint density at radius 2 is 1.52 bits per heavy atom. The van der Waals surface area contributed by atoms with Gasteiger partial charge in [-0.3, -0.25) is 39.4 Å². The van der Waals surface area contributed by atoms with Gasteiger partial charge in [0.15, 0.2) is 11.6 Å². The van der Waals surface area contributed by atoms with E-state index in [1.807, 2.05) is 90.7 Å². The molecule has 2 aromatic heterocycles. The lowest BCUT2D eigenvalue weighted by Gasteiger charge is -2.40. The average molecular weight is 1100 g/mol. The Kier molecular flexibility index (Phi) is 20.8. The molecule has 4 aliphatic rings. The van der Waals surface area contributed by atoms with Gasteiger partial charge in [0, 0.05) is 99.3 Å². The second-order valence-electron chi connectivity index (χ2n) is 20.6. The number of anilines is 2. The molecular weight excluding hydrogens is 1030 g/mol. The van der Waals surface area contributed by atoms with E-state index in [1.165, 1.54) is 0 Å². The van der Waals surface area contributed by atoms with E-state index in [0.717, 1.165) is 91.3 Å². The van der Waals surface area contributed by atoms with Crippen LogP contribution in [-0.4, -0.2) is 163 Å². The zero-order valence-corrected chi connectivity index (χ0v) is 46.1. The van der Waals surface area contributed by atoms with Gasteiger partial charge in [-0.05, 0) is 124 Å². The standard InChI is InChI=1S/C58H73N11O9.ClH/c1-41(60-54(72)44-10-7-11-46(37-44)63-58(20-24-66(2)25-21-58)57-62-53(64-65-57)42-17-22-59-23-18-42)43-9-8-12-48(39-43)78-31-6-4-3-5-30-75-33-35-77-36-34-76-32-19-52(71)68-28-26-67(27-29-68)47-13-14-49-45(38-47)40-69(56(49)74)50-15-16-51(70)61-55(50)73;/h7-14,17-18,22-23,37-39,41,50,63H,3-6,15-16,19-21,24-36,40H2,1-2H3,(H,60,72)(H,61,70,73)(H,62,64,65);1H/t41-,50?;/m1./s1. The number of amides is 5. The fourth-order valence-electron chi connectivity index (χ4n) is 10.5. The third-order valence-corrected chi connectivity index (χ3v) is 15.1. The molecule has 3 saturated heterocycles. The molecule has 6 heterocycles. The van der Waals surface area contributed by atoms with E-state index >= 15 is 0 Å². The van der Waals surface area contributed by atoms with Gasteiger partial charge in [-0.25, -0.2) is 4.98 Å². The summed E-state index contributed by atoms with van der Waals surface area (Å²) < 4.78 is 23.2. The van der Waals surface area contributed by atoms with Crippen molar-refractivity contribution in [3.8, 4) is 17.1 Å². The number of rotatable bonds is 26. The monoisotopic (exact) mass is 1100 g/mol. The van der Waals surface area contributed by atoms with Crippen LogP contribution >= 0.6 is 12.4 Å². The highest BCUT2D eigenvalue weighted by atomic mass is 35.5. The van der Waals surface area contributed by atoms with E-state index in [9.17, 15) is 24.0 Å². The van der Waals surface area contributed by atoms with Crippen LogP contribution in [0.5, 0.6) is 5.75 Å². The summed E-state index contributed by atoms with van der Waals surface area (Å²) in [7, 11) is 2.12. The SMILES string of the molecule is C[C@@H](NC(=O)c1cccc(NC2(c3nc(-c4ccncc4)n[nH]3)CCN(C)CC2)c1)c1cccc(OCCCCCCOCCOCCOCCC(=O)N2CCN(c3ccc4c(c3)CN(C3CCC(=O)NC3=O)C4=O)CC2)c1.Cl. The van der Waals surface area contributed by atoms with E-state index in [4.69, 9.17) is 23.9 Å². The number of H-pyrrole nitrogens is 1. The molecule has 3 aromatic carbocycles. The first-order valence-electron chi connectivity index (χ1n) is 27.5. The van der Waals surface area contributed by atoms with Crippen LogP contribution in [0, 0.1) is 0 Å². The number of aromatic amines is 1. The first-order chi connectivity index (χ1) is 38.0. The van der Waals surface area contributed by atoms with Crippen molar-refractivity contribution in [3.63, 3.8) is 0 Å². The normalized spacial score (nSPS) is 17.7. The second-order valence-corrected chi connectivity index (χ2v) is 20.6. The summed E-state index contributed by atoms with van der Waals surface area (Å²) in [4.78, 5) is 80.6. The summed E-state index contributed by atoms with van der Waals surface area (Å²) >= 11 is 0. The third kappa shape index (κ3) is 15.4. The molecule has 0 bridgehead atoms. The van der Waals surface area contributed by atoms with Gasteiger partial charge < -0.3 is 49.2 Å². The van der Waals surface area contributed by atoms with Gasteiger partial charge in [0.25, 0.3) is 11.8 Å². The minimum atomic E-state index is -0.642. The highest BCUT2D eigenvalue weighted by Crippen LogP contribution is 2.36. The predicted octanol–water partition coefficient (Wildman–Crippen LogP) is 6.30. The molecule has 1 unspecified atom stereocenters. The van der Waals surface area contributed by atoms with Crippen LogP contribution < -0.4 is 25.6 Å². The fourth-order valence-corrected chi connectivity index (χ4v) is 10.5. The Balaban J connectivity index is 0.00000822. The number of likely N-dealkylation sites (tertiary alicyclic amines) is 1. The number of piperazine rings is 1. The van der Waals surface area contributed by atoms with Crippen LogP contribution in [0.2, 0.25) is 0 Å². The fraction of sp³-hybridized carbons (Fsp3) is 0.483. The smallest absolute Gasteiger partial charge is 0.255 e. The Hall–Kier alpha value is -6.97. The van der Waals surface area contributed by atoms with Crippen molar-refractivity contribution in [2.75, 3.05) is 103 Å². The van der Waals surface area contributed by atoms with Crippen molar-refractivity contribution in [3.05, 3.63) is 119 Å². The second kappa shape index (κ2) is 28.3. The first kappa shape index (κ1) is 58.2. The molecule has 5 amide bonds. The molecule has 0 spiro atoms. The third-order valence-electron chi connectivity index (χ3n) is 15.1. The van der Waals surface area contributed by atoms with Crippen molar-refractivity contribution in [1.29, 1.82) is 0 Å². The van der Waals surface area contributed by atoms with Crippen LogP contribution in [-0.2, 0) is 40.7 Å². The van der Waals surface area contributed by atoms with Crippen molar-refractivity contribution in [2.45, 2.75) is 88.9 Å². The molecule has 0 radical (unpaired) electrons. The predicted molar refractivity (Wildman–Crippen MR) is 300 cm³/mol. The number of carbonyl (C=O) groups is 5. The van der Waals surface area contributed by atoms with E-state index in [-0.39, 0.29) is 48.5 Å². The van der Waals surface area contributed by atoms with Crippen molar-refractivity contribution in [2.24, 2.45) is 0 Å². The summed E-state index contributed by atoms with van der Waals surface area (Å²) in [5, 5.41) is 17.0. The summed E-state index contributed by atoms with van der Waals surface area (Å²) in [5.74, 6) is 1.15. The summed E-state index contributed by atoms with van der Waals surface area (Å²) in [6.45, 7) is 10.0. The zero-order chi connectivity index (χ0) is 54.3. The van der Waals surface area contributed by atoms with E-state index in [2.05, 4.69) is 48.0 Å². The highest BCUT2D eigenvalue weighted by Gasteiger charge is 2.41. The minimum Gasteiger partial charge on any atom is -0.494 e. The highest BCUT2D eigenvalue weighted by molar-refractivity contribution is 6.05. The number of halogens is 1. The van der Waals surface area contributed by atoms with Gasteiger partial charge >= 0.3 is 0 Å². The number of nitrogens with zero attached hydrogens (tertiary/aromatic N) is 7. The lowest BCUT2D eigenvalue weighted by Crippen LogP contribution is -2.52. The molecule has 2 atom stereocenters. The first-order valence-corrected chi connectivity index (χ1v) is 27.5. The maximum absolute atomic E-state index is 13.6. The van der Waals surface area contributed by atoms with Gasteiger partial charge in [-0.1, -0.05) is 24.6 Å². The topological polar surface area (TPSA) is 226 Å². The quantitative estimate of drug-likeness (QED) is 0.0352. The molecular formula is C58H74ClN11O9. The molecule has 5 aromatic rings. The van der Waals surface area contributed by atoms with Gasteiger partial charge in [-0.15, -0.1) is 12.4 Å². The summed E-state index contributed by atoms with van der Waals surface area (Å²) in [6, 6.07) is 24.2. The van der Waals surface area contributed by atoms with Crippen LogP contribution in [0.25, 0.3) is 11.4 Å². The number of imide groups is 1. The molecule has 21 heteroatoms. The number of carbonyl (C=O) groups excluding carboxylic acids is 5. The summed E-state index contributed by atoms with van der Waals surface area (Å²) in [6.07, 6.45) is 9.88. The van der Waals surface area contributed by atoms with Crippen LogP contribution in [0.15, 0.2) is 91.3 Å². The Bertz CT molecular complexity index is 2840. The van der Waals surface area contributed by atoms with Crippen LogP contribution in [0.1, 0.15) is 108 Å². The number of piperidine rings is 2. The number of hydrogen-bond acceptors (Lipinski definition) is 15. The van der Waals surface area contributed by atoms with Crippen LogP contribution in [0.4, 0.5) is 11.4 Å². The number of aromatic nitrogens is 4. The maximum Gasteiger partial charge on any atom is 0.255 e. The van der Waals surface area contributed by atoms with Gasteiger partial charge in [0.2, 0.25) is 17.7 Å². The molecule has 4 N–H and O–H groups in total. The number of benzene rings is 3. The molecule has 422 valence electrons. The molecule has 0 aliphatic carbocycles. The van der Waals surface area contributed by atoms with Gasteiger partial charge in [0.1, 0.15) is 11.8 Å². The largest absolute Gasteiger partial charge is 0.494 e. The van der Waals surface area contributed by atoms with Crippen molar-refractivity contribution >= 4 is 53.3 Å². The number of pyridine rings is 1. The van der Waals surface area contributed by atoms with E-state index in [0.29, 0.717) is 109 Å². The molecule has 20 nitrogen and oxygen atoms in total. The van der Waals surface area contributed by atoms with Crippen molar-refractivity contribution in [1.82, 2.24) is 45.5 Å². The van der Waals surface area contributed by atoms with Crippen molar-refractivity contribution < 1.29 is 42.9 Å². The van der Waals surface area contributed by atoms with Gasteiger partial charge in [-0.2, -0.15) is 5.10 Å². The van der Waals surface area contributed by atoms with Crippen LogP contribution in [0.3, 0.4) is 0 Å². The lowest BCUT2D eigenvalue weighted by atomic mass is 9.86. The Labute approximate surface area is 468 Å². The van der Waals surface area contributed by atoms with Gasteiger partial charge in [0.05, 0.1) is 57.6 Å². The molecule has 3 fully saturated rings. The maximum atomic E-state index is 13.6. The Morgan fingerprint density at radius 1 is 0.797 bits per heavy atom. The molecule has 79 heavy (non-hydrogen) atoms. The lowest BCUT2D eigenvalue weighted by molar-refractivity contribution is -0.137. The zero-order valence-electron chi connectivity index (χ0n) is 45.3. The number of nitrogens with one attached hydrogen (secondary N) is 4. The average Bonchev–Trinajstić information content (AvgIpc) is 4.21. The van der Waals surface area contributed by atoms with E-state index in [1.54, 1.807) is 17.3 Å². The number of hydrogen-bond donors (Lipinski definition) is 4. The Morgan fingerprint density at radius 3 is 2.28 bits per heavy atom. The minimum absolute atomic E-state index is 0. The molecule has 9 rings (SSSR count). The number of fused-ring (bicyclic) bond motifs is 1. The summed E-state index contributed by atoms with van der Waals surface area (Å²) in [5.41, 5.74) is 5.20. The molecule has 0 saturated carbocycles. The number of unbranched alkanes of at least 4 members (excludes halogenated alkanes) is 3. The number of ether oxygens (including phenoxy) is 4. The molecule has 4 aliphatic heterocycles. The van der Waals surface area contributed by atoms with E-state index < -0.39 is 17.5 Å².